The number of hydrogen-bond donors (Lipinski definition) is 1. The molecule has 1 fully saturated rings. The molecule has 0 spiro atoms. The van der Waals surface area contributed by atoms with Crippen LogP contribution in [0.2, 0.25) is 5.02 Å². The van der Waals surface area contributed by atoms with Gasteiger partial charge in [0.1, 0.15) is 6.04 Å². The molecule has 1 aromatic carbocycles. The molecule has 0 aromatic heterocycles. The summed E-state index contributed by atoms with van der Waals surface area (Å²) in [7, 11) is 0. The minimum Gasteiger partial charge on any atom is -0.480 e. The molecule has 4 nitrogen and oxygen atoms in total. The van der Waals surface area contributed by atoms with Crippen molar-refractivity contribution < 1.29 is 14.7 Å². The number of benzene rings is 1. The highest BCUT2D eigenvalue weighted by molar-refractivity contribution is 6.30. The van der Waals surface area contributed by atoms with Crippen molar-refractivity contribution in [2.45, 2.75) is 24.3 Å². The monoisotopic (exact) mass is 301 g/mol. The molecule has 2 rings (SSSR count). The summed E-state index contributed by atoms with van der Waals surface area (Å²) in [6, 6.07) is 6.05. The van der Waals surface area contributed by atoms with E-state index < -0.39 is 12.0 Å². The SMILES string of the molecule is O=C(O)[C@H](Cc1ccc(Cl)cc1)N1CC(Cl)CC1=O. The Labute approximate surface area is 120 Å². The second-order valence-electron chi connectivity index (χ2n) is 4.53. The molecule has 1 aromatic rings. The molecule has 2 atom stereocenters. The van der Waals surface area contributed by atoms with Gasteiger partial charge in [-0.2, -0.15) is 0 Å². The lowest BCUT2D eigenvalue weighted by molar-refractivity contribution is -0.148. The first-order chi connectivity index (χ1) is 8.97. The Morgan fingerprint density at radius 2 is 2.05 bits per heavy atom. The molecule has 0 radical (unpaired) electrons. The van der Waals surface area contributed by atoms with E-state index in [-0.39, 0.29) is 30.7 Å². The Morgan fingerprint density at radius 3 is 2.53 bits per heavy atom. The minimum atomic E-state index is -1.02. The van der Waals surface area contributed by atoms with Crippen molar-refractivity contribution in [3.63, 3.8) is 0 Å². The van der Waals surface area contributed by atoms with Crippen molar-refractivity contribution in [1.29, 1.82) is 0 Å². The number of carboxylic acid groups (broad SMARTS) is 1. The third kappa shape index (κ3) is 3.39. The summed E-state index contributed by atoms with van der Waals surface area (Å²) in [5.74, 6) is -1.23. The number of carbonyl (C=O) groups excluding carboxylic acids is 1. The Morgan fingerprint density at radius 1 is 1.42 bits per heavy atom. The number of amides is 1. The maximum Gasteiger partial charge on any atom is 0.326 e. The molecule has 1 aliphatic heterocycles. The summed E-state index contributed by atoms with van der Waals surface area (Å²) in [6.07, 6.45) is 0.452. The number of nitrogens with zero attached hydrogens (tertiary/aromatic N) is 1. The molecule has 0 saturated carbocycles. The van der Waals surface area contributed by atoms with Gasteiger partial charge in [0.05, 0.1) is 5.38 Å². The average Bonchev–Trinajstić information content (AvgIpc) is 2.67. The zero-order chi connectivity index (χ0) is 14.0. The van der Waals surface area contributed by atoms with Gasteiger partial charge in [-0.15, -0.1) is 11.6 Å². The summed E-state index contributed by atoms with van der Waals surface area (Å²) in [6.45, 7) is 0.283. The summed E-state index contributed by atoms with van der Waals surface area (Å²) < 4.78 is 0. The van der Waals surface area contributed by atoms with Crippen LogP contribution in [-0.2, 0) is 16.0 Å². The highest BCUT2D eigenvalue weighted by atomic mass is 35.5. The number of alkyl halides is 1. The maximum absolute atomic E-state index is 11.7. The summed E-state index contributed by atoms with van der Waals surface area (Å²) in [4.78, 5) is 24.4. The second-order valence-corrected chi connectivity index (χ2v) is 5.59. The van der Waals surface area contributed by atoms with E-state index in [0.717, 1.165) is 5.56 Å². The lowest BCUT2D eigenvalue weighted by Crippen LogP contribution is -2.43. The Bertz CT molecular complexity index is 489. The lowest BCUT2D eigenvalue weighted by atomic mass is 10.1. The number of aliphatic carboxylic acids is 1. The van der Waals surface area contributed by atoms with Gasteiger partial charge in [-0.3, -0.25) is 4.79 Å². The van der Waals surface area contributed by atoms with Crippen LogP contribution in [0.3, 0.4) is 0 Å². The highest BCUT2D eigenvalue weighted by Gasteiger charge is 2.36. The van der Waals surface area contributed by atoms with Crippen molar-refractivity contribution in [3.8, 4) is 0 Å². The molecule has 19 heavy (non-hydrogen) atoms. The van der Waals surface area contributed by atoms with Crippen molar-refractivity contribution >= 4 is 35.1 Å². The van der Waals surface area contributed by atoms with Gasteiger partial charge in [-0.1, -0.05) is 23.7 Å². The van der Waals surface area contributed by atoms with Gasteiger partial charge in [-0.05, 0) is 17.7 Å². The molecule has 1 unspecified atom stereocenters. The van der Waals surface area contributed by atoms with Crippen LogP contribution < -0.4 is 0 Å². The fourth-order valence-corrected chi connectivity index (χ4v) is 2.57. The lowest BCUT2D eigenvalue weighted by Gasteiger charge is -2.24. The molecule has 1 amide bonds. The summed E-state index contributed by atoms with van der Waals surface area (Å²) in [5, 5.41) is 9.58. The maximum atomic E-state index is 11.7. The first-order valence-corrected chi connectivity index (χ1v) is 6.69. The standard InChI is InChI=1S/C13H13Cl2NO3/c14-9-3-1-8(2-4-9)5-11(13(18)19)16-7-10(15)6-12(16)17/h1-4,10-11H,5-7H2,(H,18,19)/t10?,11-/m0/s1. The third-order valence-electron chi connectivity index (χ3n) is 3.11. The third-order valence-corrected chi connectivity index (χ3v) is 3.66. The van der Waals surface area contributed by atoms with Crippen LogP contribution in [0.4, 0.5) is 0 Å². The molecule has 6 heteroatoms. The van der Waals surface area contributed by atoms with Crippen LogP contribution >= 0.6 is 23.2 Å². The van der Waals surface area contributed by atoms with E-state index in [4.69, 9.17) is 23.2 Å². The van der Waals surface area contributed by atoms with E-state index in [1.807, 2.05) is 0 Å². The zero-order valence-electron chi connectivity index (χ0n) is 10.1. The van der Waals surface area contributed by atoms with Crippen LogP contribution in [0.15, 0.2) is 24.3 Å². The first kappa shape index (κ1) is 14.2. The van der Waals surface area contributed by atoms with E-state index in [1.54, 1.807) is 24.3 Å². The summed E-state index contributed by atoms with van der Waals surface area (Å²) in [5.41, 5.74) is 0.822. The van der Waals surface area contributed by atoms with Gasteiger partial charge >= 0.3 is 5.97 Å². The molecule has 102 valence electrons. The van der Waals surface area contributed by atoms with Crippen molar-refractivity contribution in [1.82, 2.24) is 4.90 Å². The predicted octanol–water partition coefficient (Wildman–Crippen LogP) is 2.18. The van der Waals surface area contributed by atoms with Crippen LogP contribution in [0, 0.1) is 0 Å². The zero-order valence-corrected chi connectivity index (χ0v) is 11.6. The molecular weight excluding hydrogens is 289 g/mol. The van der Waals surface area contributed by atoms with Crippen molar-refractivity contribution in [2.75, 3.05) is 6.54 Å². The molecular formula is C13H13Cl2NO3. The fourth-order valence-electron chi connectivity index (χ4n) is 2.16. The van der Waals surface area contributed by atoms with Crippen LogP contribution in [-0.4, -0.2) is 39.8 Å². The second kappa shape index (κ2) is 5.80. The van der Waals surface area contributed by atoms with Crippen LogP contribution in [0.1, 0.15) is 12.0 Å². The number of likely N-dealkylation sites (tertiary alicyclic amines) is 1. The topological polar surface area (TPSA) is 57.6 Å². The molecule has 1 aliphatic rings. The van der Waals surface area contributed by atoms with Crippen molar-refractivity contribution in [2.24, 2.45) is 0 Å². The van der Waals surface area contributed by atoms with Crippen molar-refractivity contribution in [3.05, 3.63) is 34.9 Å². The molecule has 1 N–H and O–H groups in total. The number of halogens is 2. The minimum absolute atomic E-state index is 0.200. The van der Waals surface area contributed by atoms with Gasteiger partial charge in [0.25, 0.3) is 0 Å². The number of carbonyl (C=O) groups is 2. The van der Waals surface area contributed by atoms with Gasteiger partial charge in [-0.25, -0.2) is 4.79 Å². The average molecular weight is 302 g/mol. The van der Waals surface area contributed by atoms with Gasteiger partial charge in [0.15, 0.2) is 0 Å². The van der Waals surface area contributed by atoms with Gasteiger partial charge < -0.3 is 10.0 Å². The van der Waals surface area contributed by atoms with E-state index in [1.165, 1.54) is 4.90 Å². The highest BCUT2D eigenvalue weighted by Crippen LogP contribution is 2.21. The Hall–Kier alpha value is -1.26. The summed E-state index contributed by atoms with van der Waals surface area (Å²) >= 11 is 11.7. The number of hydrogen-bond acceptors (Lipinski definition) is 2. The molecule has 1 heterocycles. The first-order valence-electron chi connectivity index (χ1n) is 5.88. The van der Waals surface area contributed by atoms with E-state index in [9.17, 15) is 14.7 Å². The number of carboxylic acids is 1. The number of rotatable bonds is 4. The quantitative estimate of drug-likeness (QED) is 0.867. The largest absolute Gasteiger partial charge is 0.480 e. The molecule has 0 aliphatic carbocycles. The Balaban J connectivity index is 2.15. The smallest absolute Gasteiger partial charge is 0.326 e. The predicted molar refractivity (Wildman–Crippen MR) is 72.6 cm³/mol. The molecule has 0 bridgehead atoms. The van der Waals surface area contributed by atoms with E-state index in [0.29, 0.717) is 5.02 Å². The van der Waals surface area contributed by atoms with E-state index in [2.05, 4.69) is 0 Å². The van der Waals surface area contributed by atoms with E-state index >= 15 is 0 Å². The van der Waals surface area contributed by atoms with Gasteiger partial charge in [0, 0.05) is 24.4 Å². The fraction of sp³-hybridized carbons (Fsp3) is 0.385. The van der Waals surface area contributed by atoms with Crippen LogP contribution in [0.25, 0.3) is 0 Å². The Kier molecular flexibility index (Phi) is 4.32. The van der Waals surface area contributed by atoms with Crippen LogP contribution in [0.5, 0.6) is 0 Å². The molecule has 1 saturated heterocycles. The normalized spacial score (nSPS) is 20.6. The van der Waals surface area contributed by atoms with Gasteiger partial charge in [0.2, 0.25) is 5.91 Å².